The van der Waals surface area contributed by atoms with E-state index in [1.807, 2.05) is 0 Å². The predicted octanol–water partition coefficient (Wildman–Crippen LogP) is 2.82. The van der Waals surface area contributed by atoms with Gasteiger partial charge in [0.2, 0.25) is 10.0 Å². The Kier molecular flexibility index (Phi) is 6.17. The van der Waals surface area contributed by atoms with E-state index in [1.165, 1.54) is 23.1 Å². The van der Waals surface area contributed by atoms with Crippen LogP contribution in [0.1, 0.15) is 27.0 Å². The second-order valence-electron chi connectivity index (χ2n) is 6.14. The van der Waals surface area contributed by atoms with Crippen molar-refractivity contribution in [3.63, 3.8) is 0 Å². The Balaban J connectivity index is 2.21. The van der Waals surface area contributed by atoms with Crippen LogP contribution in [0.25, 0.3) is 0 Å². The zero-order chi connectivity index (χ0) is 20.4. The molecule has 0 bridgehead atoms. The number of ether oxygens (including phenoxy) is 1. The van der Waals surface area contributed by atoms with Gasteiger partial charge >= 0.3 is 6.61 Å². The van der Waals surface area contributed by atoms with Crippen molar-refractivity contribution >= 4 is 15.9 Å². The van der Waals surface area contributed by atoms with Crippen molar-refractivity contribution in [3.8, 4) is 5.75 Å². The monoisotopic (exact) mass is 398 g/mol. The van der Waals surface area contributed by atoms with Gasteiger partial charge in [0.15, 0.2) is 0 Å². The minimum absolute atomic E-state index is 0.0229. The summed E-state index contributed by atoms with van der Waals surface area (Å²) in [4.78, 5) is 14.0. The van der Waals surface area contributed by atoms with Gasteiger partial charge in [0.05, 0.1) is 4.90 Å². The number of aryl methyl sites for hydroxylation is 1. The van der Waals surface area contributed by atoms with E-state index in [1.54, 1.807) is 39.1 Å². The van der Waals surface area contributed by atoms with Crippen molar-refractivity contribution in [2.75, 3.05) is 7.05 Å². The Morgan fingerprint density at radius 1 is 1.19 bits per heavy atom. The van der Waals surface area contributed by atoms with Crippen LogP contribution in [0.4, 0.5) is 8.78 Å². The third-order valence-corrected chi connectivity index (χ3v) is 5.13. The molecule has 0 aliphatic rings. The number of rotatable bonds is 6. The summed E-state index contributed by atoms with van der Waals surface area (Å²) in [5.41, 5.74) is 2.02. The SMILES string of the molecule is Cc1cc(C(=O)N(C)Cc2ccc(OC(F)F)cc2)cc(S(N)(=O)=O)c1C. The average Bonchev–Trinajstić information content (AvgIpc) is 2.56. The lowest BCUT2D eigenvalue weighted by Gasteiger charge is -2.19. The molecule has 0 heterocycles. The number of alkyl halides is 2. The van der Waals surface area contributed by atoms with Crippen molar-refractivity contribution in [2.24, 2.45) is 5.14 Å². The number of halogens is 2. The third kappa shape index (κ3) is 5.24. The first-order valence-electron chi connectivity index (χ1n) is 7.92. The lowest BCUT2D eigenvalue weighted by atomic mass is 10.1. The Morgan fingerprint density at radius 2 is 1.78 bits per heavy atom. The van der Waals surface area contributed by atoms with E-state index in [-0.39, 0.29) is 22.8 Å². The van der Waals surface area contributed by atoms with Crippen molar-refractivity contribution < 1.29 is 26.7 Å². The molecule has 2 rings (SSSR count). The highest BCUT2D eigenvalue weighted by molar-refractivity contribution is 7.89. The molecular formula is C18H20F2N2O4S. The molecule has 146 valence electrons. The molecule has 0 aliphatic carbocycles. The number of hydrogen-bond donors (Lipinski definition) is 1. The largest absolute Gasteiger partial charge is 0.435 e. The summed E-state index contributed by atoms with van der Waals surface area (Å²) in [5.74, 6) is -0.370. The number of hydrogen-bond acceptors (Lipinski definition) is 4. The first-order valence-corrected chi connectivity index (χ1v) is 9.47. The molecule has 0 radical (unpaired) electrons. The Hall–Kier alpha value is -2.52. The standard InChI is InChI=1S/C18H20F2N2O4S/c1-11-8-14(9-16(12(11)2)27(21,24)25)17(23)22(3)10-13-4-6-15(7-5-13)26-18(19)20/h4-9,18H,10H2,1-3H3,(H2,21,24,25). The summed E-state index contributed by atoms with van der Waals surface area (Å²) in [6.07, 6.45) is 0. The fourth-order valence-corrected chi connectivity index (χ4v) is 3.47. The number of carbonyl (C=O) groups is 1. The quantitative estimate of drug-likeness (QED) is 0.810. The van der Waals surface area contributed by atoms with Crippen LogP contribution in [0.3, 0.4) is 0 Å². The summed E-state index contributed by atoms with van der Waals surface area (Å²) in [6, 6.07) is 8.76. The summed E-state index contributed by atoms with van der Waals surface area (Å²) < 4.78 is 52.1. The number of benzene rings is 2. The molecule has 1 amide bonds. The van der Waals surface area contributed by atoms with Gasteiger partial charge in [-0.25, -0.2) is 13.6 Å². The fourth-order valence-electron chi connectivity index (χ4n) is 2.59. The summed E-state index contributed by atoms with van der Waals surface area (Å²) >= 11 is 0. The second-order valence-corrected chi connectivity index (χ2v) is 7.67. The smallest absolute Gasteiger partial charge is 0.387 e. The highest BCUT2D eigenvalue weighted by atomic mass is 32.2. The zero-order valence-corrected chi connectivity index (χ0v) is 15.9. The summed E-state index contributed by atoms with van der Waals surface area (Å²) in [5, 5.41) is 5.23. The number of nitrogens with two attached hydrogens (primary N) is 1. The molecule has 0 atom stereocenters. The van der Waals surface area contributed by atoms with Crippen LogP contribution in [0.2, 0.25) is 0 Å². The van der Waals surface area contributed by atoms with Crippen LogP contribution in [-0.2, 0) is 16.6 Å². The third-order valence-electron chi connectivity index (χ3n) is 4.09. The number of nitrogens with zero attached hydrogens (tertiary/aromatic N) is 1. The van der Waals surface area contributed by atoms with Gasteiger partial charge in [-0.1, -0.05) is 12.1 Å². The zero-order valence-electron chi connectivity index (χ0n) is 15.1. The first-order chi connectivity index (χ1) is 12.5. The Morgan fingerprint density at radius 3 is 2.30 bits per heavy atom. The lowest BCUT2D eigenvalue weighted by molar-refractivity contribution is -0.0498. The molecule has 0 aliphatic heterocycles. The van der Waals surface area contributed by atoms with Crippen LogP contribution >= 0.6 is 0 Å². The minimum Gasteiger partial charge on any atom is -0.435 e. The molecule has 9 heteroatoms. The van der Waals surface area contributed by atoms with E-state index in [0.29, 0.717) is 16.7 Å². The van der Waals surface area contributed by atoms with Gasteiger partial charge in [-0.15, -0.1) is 0 Å². The first kappa shape index (κ1) is 20.8. The average molecular weight is 398 g/mol. The number of primary sulfonamides is 1. The van der Waals surface area contributed by atoms with Crippen molar-refractivity contribution in [1.82, 2.24) is 4.90 Å². The van der Waals surface area contributed by atoms with Crippen molar-refractivity contribution in [1.29, 1.82) is 0 Å². The molecule has 0 unspecified atom stereocenters. The van der Waals surface area contributed by atoms with Crippen molar-refractivity contribution in [2.45, 2.75) is 31.9 Å². The van der Waals surface area contributed by atoms with Gasteiger partial charge in [-0.3, -0.25) is 4.79 Å². The van der Waals surface area contributed by atoms with Crippen LogP contribution in [0.5, 0.6) is 5.75 Å². The maximum absolute atomic E-state index is 12.7. The van der Waals surface area contributed by atoms with Crippen LogP contribution in [-0.4, -0.2) is 32.9 Å². The summed E-state index contributed by atoms with van der Waals surface area (Å²) in [6.45, 7) is 0.613. The molecular weight excluding hydrogens is 378 g/mol. The van der Waals surface area contributed by atoms with Gasteiger partial charge in [0.25, 0.3) is 5.91 Å². The lowest BCUT2D eigenvalue weighted by Crippen LogP contribution is -2.27. The highest BCUT2D eigenvalue weighted by Gasteiger charge is 2.19. The summed E-state index contributed by atoms with van der Waals surface area (Å²) in [7, 11) is -2.40. The molecule has 27 heavy (non-hydrogen) atoms. The van der Waals surface area contributed by atoms with Crippen LogP contribution in [0, 0.1) is 13.8 Å². The van der Waals surface area contributed by atoms with Crippen LogP contribution in [0.15, 0.2) is 41.3 Å². The van der Waals surface area contributed by atoms with E-state index in [4.69, 9.17) is 5.14 Å². The predicted molar refractivity (Wildman–Crippen MR) is 96.2 cm³/mol. The maximum atomic E-state index is 12.7. The van der Waals surface area contributed by atoms with E-state index < -0.39 is 22.5 Å². The van der Waals surface area contributed by atoms with Crippen molar-refractivity contribution in [3.05, 3.63) is 58.7 Å². The highest BCUT2D eigenvalue weighted by Crippen LogP contribution is 2.22. The van der Waals surface area contributed by atoms with Gasteiger partial charge in [-0.2, -0.15) is 8.78 Å². The maximum Gasteiger partial charge on any atom is 0.387 e. The number of sulfonamides is 1. The molecule has 0 saturated heterocycles. The van der Waals surface area contributed by atoms with E-state index >= 15 is 0 Å². The van der Waals surface area contributed by atoms with Gasteiger partial charge in [-0.05, 0) is 54.8 Å². The van der Waals surface area contributed by atoms with Crippen LogP contribution < -0.4 is 9.88 Å². The van der Waals surface area contributed by atoms with Gasteiger partial charge in [0.1, 0.15) is 5.75 Å². The number of carbonyl (C=O) groups excluding carboxylic acids is 1. The molecule has 2 aromatic rings. The minimum atomic E-state index is -3.96. The molecule has 0 saturated carbocycles. The topological polar surface area (TPSA) is 89.7 Å². The van der Waals surface area contributed by atoms with Gasteiger partial charge < -0.3 is 9.64 Å². The van der Waals surface area contributed by atoms with E-state index in [2.05, 4.69) is 4.74 Å². The molecule has 2 N–H and O–H groups in total. The Bertz CT molecular complexity index is 945. The molecule has 2 aromatic carbocycles. The molecule has 0 fully saturated rings. The Labute approximate surface area is 156 Å². The fraction of sp³-hybridized carbons (Fsp3) is 0.278. The van der Waals surface area contributed by atoms with Gasteiger partial charge in [0, 0.05) is 19.2 Å². The molecule has 6 nitrogen and oxygen atoms in total. The normalized spacial score (nSPS) is 11.5. The number of amides is 1. The van der Waals surface area contributed by atoms with E-state index in [0.717, 1.165) is 0 Å². The second kappa shape index (κ2) is 8.01. The van der Waals surface area contributed by atoms with E-state index in [9.17, 15) is 22.0 Å². The molecule has 0 aromatic heterocycles. The molecule has 0 spiro atoms.